The first-order valence-corrected chi connectivity index (χ1v) is 9.91. The monoisotopic (exact) mass is 381 g/mol. The molecular weight excluding hydrogens is 362 g/mol. The van der Waals surface area contributed by atoms with Crippen molar-refractivity contribution in [3.63, 3.8) is 0 Å². The van der Waals surface area contributed by atoms with E-state index in [1.165, 1.54) is 49.7 Å². The van der Waals surface area contributed by atoms with E-state index >= 15 is 0 Å². The van der Waals surface area contributed by atoms with Crippen LogP contribution in [-0.4, -0.2) is 62.1 Å². The second-order valence-electron chi connectivity index (χ2n) is 5.99. The Morgan fingerprint density at radius 3 is 2.40 bits per heavy atom. The third kappa shape index (κ3) is 3.65. The highest BCUT2D eigenvalue weighted by Gasteiger charge is 2.30. The molecule has 1 aliphatic heterocycles. The zero-order valence-corrected chi connectivity index (χ0v) is 15.8. The van der Waals surface area contributed by atoms with Gasteiger partial charge < -0.3 is 10.2 Å². The summed E-state index contributed by atoms with van der Waals surface area (Å²) in [4.78, 5) is 14.5. The highest BCUT2D eigenvalue weighted by Crippen LogP contribution is 2.24. The van der Waals surface area contributed by atoms with Crippen molar-refractivity contribution in [3.8, 4) is 0 Å². The van der Waals surface area contributed by atoms with Crippen LogP contribution in [0.5, 0.6) is 0 Å². The van der Waals surface area contributed by atoms with Gasteiger partial charge in [-0.1, -0.05) is 11.3 Å². The van der Waals surface area contributed by atoms with Gasteiger partial charge in [0, 0.05) is 32.7 Å². The minimum absolute atomic E-state index is 0.0434. The van der Waals surface area contributed by atoms with Gasteiger partial charge in [-0.15, -0.1) is 10.2 Å². The minimum atomic E-state index is -3.49. The van der Waals surface area contributed by atoms with Crippen LogP contribution in [0.15, 0.2) is 29.2 Å². The van der Waals surface area contributed by atoms with Gasteiger partial charge in [0.05, 0.1) is 10.9 Å². The van der Waals surface area contributed by atoms with E-state index in [1.807, 2.05) is 6.92 Å². The fraction of sp³-hybridized carbons (Fsp3) is 0.400. The number of nitrogens with one attached hydrogen (secondary N) is 1. The van der Waals surface area contributed by atoms with E-state index in [0.29, 0.717) is 18.7 Å². The number of rotatable bonds is 5. The summed E-state index contributed by atoms with van der Waals surface area (Å²) in [5, 5.41) is 12.8. The van der Waals surface area contributed by atoms with Gasteiger partial charge in [0.1, 0.15) is 5.01 Å². The molecule has 10 heteroatoms. The highest BCUT2D eigenvalue weighted by molar-refractivity contribution is 7.89. The zero-order valence-electron chi connectivity index (χ0n) is 14.1. The van der Waals surface area contributed by atoms with Crippen molar-refractivity contribution in [1.82, 2.24) is 19.8 Å². The molecule has 1 N–H and O–H groups in total. The number of carbonyl (C=O) groups excluding carboxylic acids is 1. The molecule has 0 radical (unpaired) electrons. The Hall–Kier alpha value is -2.04. The molecule has 0 aliphatic carbocycles. The van der Waals surface area contributed by atoms with E-state index in [1.54, 1.807) is 0 Å². The quantitative estimate of drug-likeness (QED) is 0.820. The summed E-state index contributed by atoms with van der Waals surface area (Å²) in [6, 6.07) is 5.98. The number of nitrogens with zero attached hydrogens (tertiary/aromatic N) is 4. The third-order valence-corrected chi connectivity index (χ3v) is 6.63. The molecule has 0 atom stereocenters. The van der Waals surface area contributed by atoms with Crippen molar-refractivity contribution < 1.29 is 13.2 Å². The average Bonchev–Trinajstić information content (AvgIpc) is 2.96. The molecule has 1 aromatic heterocycles. The predicted molar refractivity (Wildman–Crippen MR) is 95.4 cm³/mol. The van der Waals surface area contributed by atoms with Crippen LogP contribution in [0.25, 0.3) is 0 Å². The summed E-state index contributed by atoms with van der Waals surface area (Å²) < 4.78 is 25.2. The fourth-order valence-electron chi connectivity index (χ4n) is 2.40. The lowest BCUT2D eigenvalue weighted by Gasteiger charge is -2.39. The lowest BCUT2D eigenvalue weighted by atomic mass is 10.1. The molecule has 1 saturated heterocycles. The molecule has 0 spiro atoms. The predicted octanol–water partition coefficient (Wildman–Crippen LogP) is 0.715. The first-order chi connectivity index (χ1) is 11.8. The van der Waals surface area contributed by atoms with E-state index in [9.17, 15) is 13.2 Å². The highest BCUT2D eigenvalue weighted by atomic mass is 32.2. The Balaban J connectivity index is 1.58. The summed E-state index contributed by atoms with van der Waals surface area (Å²) in [5.41, 5.74) is 0.433. The van der Waals surface area contributed by atoms with Gasteiger partial charge >= 0.3 is 0 Å². The molecule has 0 unspecified atom stereocenters. The van der Waals surface area contributed by atoms with Crippen LogP contribution >= 0.6 is 11.3 Å². The molecule has 1 aliphatic rings. The second-order valence-corrected chi connectivity index (χ2v) is 9.30. The molecule has 1 aromatic carbocycles. The average molecular weight is 381 g/mol. The lowest BCUT2D eigenvalue weighted by Crippen LogP contribution is -2.59. The van der Waals surface area contributed by atoms with E-state index in [0.717, 1.165) is 14.4 Å². The first-order valence-electron chi connectivity index (χ1n) is 7.66. The van der Waals surface area contributed by atoms with E-state index in [-0.39, 0.29) is 16.8 Å². The lowest BCUT2D eigenvalue weighted by molar-refractivity contribution is 0.0930. The molecule has 2 aromatic rings. The summed E-state index contributed by atoms with van der Waals surface area (Å²) in [5.74, 6) is -0.216. The number of benzene rings is 1. The van der Waals surface area contributed by atoms with E-state index < -0.39 is 10.0 Å². The van der Waals surface area contributed by atoms with Gasteiger partial charge in [-0.25, -0.2) is 12.7 Å². The van der Waals surface area contributed by atoms with Crippen LogP contribution < -0.4 is 10.2 Å². The maximum atomic E-state index is 12.3. The van der Waals surface area contributed by atoms with Gasteiger partial charge in [-0.3, -0.25) is 4.79 Å². The van der Waals surface area contributed by atoms with Crippen molar-refractivity contribution >= 4 is 32.4 Å². The van der Waals surface area contributed by atoms with Crippen LogP contribution in [0.4, 0.5) is 5.13 Å². The molecular formula is C15H19N5O3S2. The Morgan fingerprint density at radius 2 is 1.88 bits per heavy atom. The molecule has 134 valence electrons. The van der Waals surface area contributed by atoms with Crippen LogP contribution in [-0.2, 0) is 10.0 Å². The Kier molecular flexibility index (Phi) is 4.76. The number of sulfonamides is 1. The van der Waals surface area contributed by atoms with Gasteiger partial charge in [-0.2, -0.15) is 0 Å². The summed E-state index contributed by atoms with van der Waals surface area (Å²) >= 11 is 1.53. The van der Waals surface area contributed by atoms with Crippen LogP contribution in [0, 0.1) is 6.92 Å². The Morgan fingerprint density at radius 1 is 1.24 bits per heavy atom. The van der Waals surface area contributed by atoms with Gasteiger partial charge in [0.25, 0.3) is 5.91 Å². The van der Waals surface area contributed by atoms with Gasteiger partial charge in [-0.05, 0) is 31.2 Å². The van der Waals surface area contributed by atoms with Gasteiger partial charge in [0.2, 0.25) is 15.2 Å². The maximum Gasteiger partial charge on any atom is 0.251 e. The number of aryl methyl sites for hydroxylation is 1. The van der Waals surface area contributed by atoms with Gasteiger partial charge in [0.15, 0.2) is 0 Å². The second kappa shape index (κ2) is 6.70. The summed E-state index contributed by atoms with van der Waals surface area (Å²) in [6.07, 6.45) is 0. The Labute approximate surface area is 150 Å². The molecule has 8 nitrogen and oxygen atoms in total. The number of hydrogen-bond acceptors (Lipinski definition) is 7. The SMILES string of the molecule is Cc1nnc(N2CC(NC(=O)c3ccc(S(=O)(=O)N(C)C)cc3)C2)s1. The first kappa shape index (κ1) is 17.8. The molecule has 0 bridgehead atoms. The summed E-state index contributed by atoms with van der Waals surface area (Å²) in [6.45, 7) is 3.28. The number of anilines is 1. The van der Waals surface area contributed by atoms with Crippen molar-refractivity contribution in [1.29, 1.82) is 0 Å². The van der Waals surface area contributed by atoms with E-state index in [2.05, 4.69) is 20.4 Å². The summed E-state index contributed by atoms with van der Waals surface area (Å²) in [7, 11) is -0.549. The van der Waals surface area contributed by atoms with Crippen molar-refractivity contribution in [2.24, 2.45) is 0 Å². The van der Waals surface area contributed by atoms with Crippen LogP contribution in [0.3, 0.4) is 0 Å². The van der Waals surface area contributed by atoms with Crippen molar-refractivity contribution in [2.75, 3.05) is 32.1 Å². The van der Waals surface area contributed by atoms with Crippen molar-refractivity contribution in [3.05, 3.63) is 34.8 Å². The number of hydrogen-bond donors (Lipinski definition) is 1. The van der Waals surface area contributed by atoms with Crippen molar-refractivity contribution in [2.45, 2.75) is 17.9 Å². The minimum Gasteiger partial charge on any atom is -0.346 e. The molecule has 1 amide bonds. The smallest absolute Gasteiger partial charge is 0.251 e. The Bertz CT molecular complexity index is 871. The molecule has 1 fully saturated rings. The molecule has 3 rings (SSSR count). The number of aromatic nitrogens is 2. The van der Waals surface area contributed by atoms with E-state index in [4.69, 9.17) is 0 Å². The van der Waals surface area contributed by atoms with Crippen LogP contribution in [0.1, 0.15) is 15.4 Å². The van der Waals surface area contributed by atoms with Crippen LogP contribution in [0.2, 0.25) is 0 Å². The zero-order chi connectivity index (χ0) is 18.2. The molecule has 0 saturated carbocycles. The topological polar surface area (TPSA) is 95.5 Å². The molecule has 25 heavy (non-hydrogen) atoms. The maximum absolute atomic E-state index is 12.3. The normalized spacial score (nSPS) is 15.3. The third-order valence-electron chi connectivity index (χ3n) is 3.90. The largest absolute Gasteiger partial charge is 0.346 e. The molecule has 2 heterocycles. The standard InChI is InChI=1S/C15H19N5O3S2/c1-10-17-18-15(24-10)20-8-12(9-20)16-14(21)11-4-6-13(7-5-11)25(22,23)19(2)3/h4-7,12H,8-9H2,1-3H3,(H,16,21). The number of carbonyl (C=O) groups is 1. The number of amides is 1. The fourth-order valence-corrected chi connectivity index (χ4v) is 4.01.